The summed E-state index contributed by atoms with van der Waals surface area (Å²) in [5, 5.41) is 15.8. The summed E-state index contributed by atoms with van der Waals surface area (Å²) in [6, 6.07) is 13.6. The number of para-hydroxylation sites is 1. The standard InChI is InChI=1S/C20H23N5O/c1-13-7-6-8-14(2)19(13)24-18-11-17(16-9-4-5-10-21-16)23-20(25-18)22-15(3)12-26/h4-11,15,26H,12H2,1-3H3,(H2,22,23,24,25)/t15-/m1/s1. The zero-order valence-electron chi connectivity index (χ0n) is 15.2. The Labute approximate surface area is 153 Å². The molecular weight excluding hydrogens is 326 g/mol. The van der Waals surface area contributed by atoms with Crippen LogP contribution in [0.3, 0.4) is 0 Å². The number of nitrogens with one attached hydrogen (secondary N) is 2. The fourth-order valence-electron chi connectivity index (χ4n) is 2.63. The van der Waals surface area contributed by atoms with Gasteiger partial charge in [-0.05, 0) is 44.0 Å². The maximum Gasteiger partial charge on any atom is 0.225 e. The molecule has 0 radical (unpaired) electrons. The van der Waals surface area contributed by atoms with Crippen LogP contribution in [-0.2, 0) is 0 Å². The molecule has 0 bridgehead atoms. The summed E-state index contributed by atoms with van der Waals surface area (Å²) in [6.45, 7) is 5.98. The predicted octanol–water partition coefficient (Wildman–Crippen LogP) is 3.69. The number of rotatable bonds is 6. The van der Waals surface area contributed by atoms with E-state index in [9.17, 15) is 5.11 Å². The molecule has 134 valence electrons. The van der Waals surface area contributed by atoms with Gasteiger partial charge in [-0.3, -0.25) is 4.98 Å². The smallest absolute Gasteiger partial charge is 0.225 e. The van der Waals surface area contributed by atoms with E-state index >= 15 is 0 Å². The third-order valence-electron chi connectivity index (χ3n) is 4.04. The topological polar surface area (TPSA) is 83.0 Å². The Hall–Kier alpha value is -2.99. The lowest BCUT2D eigenvalue weighted by atomic mass is 10.1. The van der Waals surface area contributed by atoms with E-state index in [0.717, 1.165) is 22.5 Å². The average molecular weight is 349 g/mol. The van der Waals surface area contributed by atoms with Gasteiger partial charge in [0.05, 0.1) is 18.0 Å². The largest absolute Gasteiger partial charge is 0.394 e. The van der Waals surface area contributed by atoms with Crippen LogP contribution >= 0.6 is 0 Å². The van der Waals surface area contributed by atoms with Gasteiger partial charge in [0, 0.05) is 24.0 Å². The molecule has 0 aliphatic carbocycles. The number of benzene rings is 1. The lowest BCUT2D eigenvalue weighted by Crippen LogP contribution is -2.21. The van der Waals surface area contributed by atoms with Gasteiger partial charge in [-0.25, -0.2) is 4.98 Å². The van der Waals surface area contributed by atoms with Gasteiger partial charge in [-0.2, -0.15) is 4.98 Å². The average Bonchev–Trinajstić information content (AvgIpc) is 2.65. The van der Waals surface area contributed by atoms with Crippen molar-refractivity contribution in [3.63, 3.8) is 0 Å². The van der Waals surface area contributed by atoms with Crippen molar-refractivity contribution in [3.05, 3.63) is 59.8 Å². The quantitative estimate of drug-likeness (QED) is 0.629. The normalized spacial score (nSPS) is 11.8. The van der Waals surface area contributed by atoms with Crippen molar-refractivity contribution in [2.24, 2.45) is 0 Å². The van der Waals surface area contributed by atoms with Crippen LogP contribution in [0.2, 0.25) is 0 Å². The van der Waals surface area contributed by atoms with Crippen molar-refractivity contribution in [2.75, 3.05) is 17.2 Å². The van der Waals surface area contributed by atoms with Gasteiger partial charge in [0.15, 0.2) is 0 Å². The van der Waals surface area contributed by atoms with Crippen LogP contribution in [0.1, 0.15) is 18.1 Å². The minimum atomic E-state index is -0.151. The second-order valence-corrected chi connectivity index (χ2v) is 6.30. The second-order valence-electron chi connectivity index (χ2n) is 6.30. The van der Waals surface area contributed by atoms with Crippen molar-refractivity contribution in [1.29, 1.82) is 0 Å². The van der Waals surface area contributed by atoms with E-state index < -0.39 is 0 Å². The molecule has 3 aromatic rings. The zero-order valence-corrected chi connectivity index (χ0v) is 15.2. The highest BCUT2D eigenvalue weighted by molar-refractivity contribution is 5.68. The van der Waals surface area contributed by atoms with E-state index in [0.29, 0.717) is 17.5 Å². The molecule has 2 aromatic heterocycles. The fourth-order valence-corrected chi connectivity index (χ4v) is 2.63. The van der Waals surface area contributed by atoms with Gasteiger partial charge in [-0.15, -0.1) is 0 Å². The number of hydrogen-bond acceptors (Lipinski definition) is 6. The molecule has 1 aromatic carbocycles. The highest BCUT2D eigenvalue weighted by Crippen LogP contribution is 2.26. The van der Waals surface area contributed by atoms with Gasteiger partial charge in [0.25, 0.3) is 0 Å². The van der Waals surface area contributed by atoms with Crippen molar-refractivity contribution >= 4 is 17.5 Å². The van der Waals surface area contributed by atoms with Crippen molar-refractivity contribution in [1.82, 2.24) is 15.0 Å². The van der Waals surface area contributed by atoms with Crippen LogP contribution in [0.5, 0.6) is 0 Å². The van der Waals surface area contributed by atoms with Crippen LogP contribution in [0.4, 0.5) is 17.5 Å². The van der Waals surface area contributed by atoms with E-state index in [4.69, 9.17) is 0 Å². The summed E-state index contributed by atoms with van der Waals surface area (Å²) >= 11 is 0. The first kappa shape index (κ1) is 17.8. The summed E-state index contributed by atoms with van der Waals surface area (Å²) in [5.41, 5.74) is 4.78. The van der Waals surface area contributed by atoms with E-state index in [1.54, 1.807) is 6.20 Å². The molecule has 0 unspecified atom stereocenters. The first-order valence-electron chi connectivity index (χ1n) is 8.58. The summed E-state index contributed by atoms with van der Waals surface area (Å²) < 4.78 is 0. The van der Waals surface area contributed by atoms with E-state index in [-0.39, 0.29) is 12.6 Å². The monoisotopic (exact) mass is 349 g/mol. The number of aliphatic hydroxyl groups is 1. The molecule has 6 heteroatoms. The minimum Gasteiger partial charge on any atom is -0.394 e. The highest BCUT2D eigenvalue weighted by atomic mass is 16.3. The molecule has 0 aliphatic rings. The number of nitrogens with zero attached hydrogens (tertiary/aromatic N) is 3. The number of anilines is 3. The molecule has 0 saturated carbocycles. The van der Waals surface area contributed by atoms with Crippen LogP contribution < -0.4 is 10.6 Å². The number of pyridine rings is 1. The Morgan fingerprint density at radius 2 is 1.77 bits per heavy atom. The van der Waals surface area contributed by atoms with Crippen molar-refractivity contribution in [3.8, 4) is 11.4 Å². The molecule has 0 amide bonds. The van der Waals surface area contributed by atoms with Gasteiger partial charge in [0.1, 0.15) is 5.82 Å². The third kappa shape index (κ3) is 4.15. The summed E-state index contributed by atoms with van der Waals surface area (Å²) in [5.74, 6) is 1.12. The molecule has 3 N–H and O–H groups in total. The Balaban J connectivity index is 2.02. The molecule has 26 heavy (non-hydrogen) atoms. The summed E-state index contributed by atoms with van der Waals surface area (Å²) in [4.78, 5) is 13.5. The Morgan fingerprint density at radius 1 is 1.00 bits per heavy atom. The van der Waals surface area contributed by atoms with E-state index in [1.807, 2.05) is 37.3 Å². The van der Waals surface area contributed by atoms with Crippen molar-refractivity contribution in [2.45, 2.75) is 26.8 Å². The lowest BCUT2D eigenvalue weighted by Gasteiger charge is -2.16. The minimum absolute atomic E-state index is 0.00314. The molecule has 0 aliphatic heterocycles. The van der Waals surface area contributed by atoms with Crippen LogP contribution in [0.15, 0.2) is 48.7 Å². The fraction of sp³-hybridized carbons (Fsp3) is 0.250. The molecule has 3 rings (SSSR count). The molecule has 0 saturated heterocycles. The zero-order chi connectivity index (χ0) is 18.5. The molecule has 0 spiro atoms. The molecular formula is C20H23N5O. The highest BCUT2D eigenvalue weighted by Gasteiger charge is 2.11. The predicted molar refractivity (Wildman–Crippen MR) is 105 cm³/mol. The Morgan fingerprint density at radius 3 is 2.42 bits per heavy atom. The number of aliphatic hydroxyl groups excluding tert-OH is 1. The SMILES string of the molecule is Cc1cccc(C)c1Nc1cc(-c2ccccn2)nc(N[C@H](C)CO)n1. The van der Waals surface area contributed by atoms with Gasteiger partial charge < -0.3 is 15.7 Å². The summed E-state index contributed by atoms with van der Waals surface area (Å²) in [6.07, 6.45) is 1.74. The van der Waals surface area contributed by atoms with Crippen molar-refractivity contribution < 1.29 is 5.11 Å². The van der Waals surface area contributed by atoms with E-state index in [2.05, 4.69) is 51.6 Å². The number of aryl methyl sites for hydroxylation is 2. The van der Waals surface area contributed by atoms with Gasteiger partial charge >= 0.3 is 0 Å². The molecule has 0 fully saturated rings. The maximum absolute atomic E-state index is 9.31. The van der Waals surface area contributed by atoms with Gasteiger partial charge in [-0.1, -0.05) is 24.3 Å². The number of aromatic nitrogens is 3. The molecule has 2 heterocycles. The molecule has 6 nitrogen and oxygen atoms in total. The Kier molecular flexibility index (Phi) is 5.43. The molecule has 1 atom stereocenters. The first-order valence-corrected chi connectivity index (χ1v) is 8.58. The van der Waals surface area contributed by atoms with Crippen LogP contribution in [0.25, 0.3) is 11.4 Å². The Bertz CT molecular complexity index is 862. The maximum atomic E-state index is 9.31. The number of hydrogen-bond donors (Lipinski definition) is 3. The first-order chi connectivity index (χ1) is 12.6. The van der Waals surface area contributed by atoms with Crippen LogP contribution in [-0.4, -0.2) is 32.7 Å². The van der Waals surface area contributed by atoms with E-state index in [1.165, 1.54) is 0 Å². The lowest BCUT2D eigenvalue weighted by molar-refractivity contribution is 0.281. The second kappa shape index (κ2) is 7.93. The third-order valence-corrected chi connectivity index (χ3v) is 4.04. The van der Waals surface area contributed by atoms with Crippen LogP contribution in [0, 0.1) is 13.8 Å². The summed E-state index contributed by atoms with van der Waals surface area (Å²) in [7, 11) is 0. The van der Waals surface area contributed by atoms with Gasteiger partial charge in [0.2, 0.25) is 5.95 Å².